The van der Waals surface area contributed by atoms with Gasteiger partial charge in [0, 0.05) is 5.92 Å². The first-order chi connectivity index (χ1) is 14.0. The van der Waals surface area contributed by atoms with Crippen LogP contribution in [0, 0.1) is 11.8 Å². The van der Waals surface area contributed by atoms with Crippen LogP contribution in [0.15, 0.2) is 36.4 Å². The van der Waals surface area contributed by atoms with Crippen LogP contribution >= 0.6 is 0 Å². The molecule has 8 nitrogen and oxygen atoms in total. The van der Waals surface area contributed by atoms with Gasteiger partial charge in [-0.15, -0.1) is 0 Å². The van der Waals surface area contributed by atoms with Crippen molar-refractivity contribution in [3.63, 3.8) is 0 Å². The van der Waals surface area contributed by atoms with E-state index in [1.165, 1.54) is 14.2 Å². The van der Waals surface area contributed by atoms with Gasteiger partial charge in [0.2, 0.25) is 6.79 Å². The fourth-order valence-electron chi connectivity index (χ4n) is 3.79. The number of methoxy groups -OCH3 is 2. The van der Waals surface area contributed by atoms with E-state index < -0.39 is 30.0 Å². The van der Waals surface area contributed by atoms with Crippen molar-refractivity contribution in [3.05, 3.63) is 47.5 Å². The average molecular weight is 402 g/mol. The van der Waals surface area contributed by atoms with Crippen molar-refractivity contribution in [2.45, 2.75) is 12.2 Å². The minimum Gasteiger partial charge on any atom is -0.493 e. The Balaban J connectivity index is 1.61. The molecule has 2 aliphatic rings. The Kier molecular flexibility index (Phi) is 5.21. The van der Waals surface area contributed by atoms with Gasteiger partial charge in [-0.05, 0) is 35.4 Å². The predicted molar refractivity (Wildman–Crippen MR) is 100.0 cm³/mol. The second kappa shape index (κ2) is 7.81. The first kappa shape index (κ1) is 19.4. The molecule has 1 fully saturated rings. The quantitative estimate of drug-likeness (QED) is 0.707. The predicted octanol–water partition coefficient (Wildman–Crippen LogP) is 1.99. The molecule has 2 aromatic carbocycles. The molecule has 2 aromatic rings. The molecule has 8 heteroatoms. The lowest BCUT2D eigenvalue weighted by atomic mass is 9.81. The summed E-state index contributed by atoms with van der Waals surface area (Å²) in [5.74, 6) is -0.0535. The summed E-state index contributed by atoms with van der Waals surface area (Å²) in [6.07, 6.45) is -2.21. The van der Waals surface area contributed by atoms with E-state index in [1.807, 2.05) is 0 Å². The summed E-state index contributed by atoms with van der Waals surface area (Å²) < 4.78 is 26.3. The summed E-state index contributed by atoms with van der Waals surface area (Å²) in [5.41, 5.74) is 1.02. The van der Waals surface area contributed by atoms with Crippen molar-refractivity contribution < 1.29 is 38.7 Å². The van der Waals surface area contributed by atoms with Gasteiger partial charge < -0.3 is 33.9 Å². The number of benzene rings is 2. The molecule has 2 N–H and O–H groups in total. The minimum atomic E-state index is -1.17. The van der Waals surface area contributed by atoms with Gasteiger partial charge in [0.05, 0.1) is 39.0 Å². The summed E-state index contributed by atoms with van der Waals surface area (Å²) in [4.78, 5) is 12.4. The Bertz CT molecular complexity index is 912. The molecule has 0 unspecified atom stereocenters. The second-order valence-corrected chi connectivity index (χ2v) is 6.94. The smallest absolute Gasteiger partial charge is 0.312 e. The van der Waals surface area contributed by atoms with Crippen molar-refractivity contribution in [3.8, 4) is 23.0 Å². The van der Waals surface area contributed by atoms with Gasteiger partial charge in [0.15, 0.2) is 23.0 Å². The van der Waals surface area contributed by atoms with Crippen LogP contribution in [-0.4, -0.2) is 43.8 Å². The number of hydrogen-bond donors (Lipinski definition) is 2. The maximum absolute atomic E-state index is 12.4. The standard InChI is InChI=1S/C21H22O8/c1-25-14-5-3-11(7-16(14)26-2)19(22)13-9-27-21(24)18(13)20(23)12-4-6-15-17(8-12)29-10-28-15/h3-8,13,18-20,22-23H,9-10H2,1-2H3/t13-,18-,19-,20-/m1/s1. The van der Waals surface area contributed by atoms with E-state index in [2.05, 4.69) is 0 Å². The maximum atomic E-state index is 12.4. The van der Waals surface area contributed by atoms with Crippen LogP contribution in [0.1, 0.15) is 23.3 Å². The molecule has 0 aromatic heterocycles. The minimum absolute atomic E-state index is 0.000618. The van der Waals surface area contributed by atoms with Crippen molar-refractivity contribution in [1.82, 2.24) is 0 Å². The number of ether oxygens (including phenoxy) is 5. The third kappa shape index (κ3) is 3.45. The summed E-state index contributed by atoms with van der Waals surface area (Å²) >= 11 is 0. The second-order valence-electron chi connectivity index (χ2n) is 6.94. The monoisotopic (exact) mass is 402 g/mol. The lowest BCUT2D eigenvalue weighted by molar-refractivity contribution is -0.144. The molecular weight excluding hydrogens is 380 g/mol. The van der Waals surface area contributed by atoms with Gasteiger partial charge in [-0.25, -0.2) is 0 Å². The Morgan fingerprint density at radius 2 is 1.59 bits per heavy atom. The number of aliphatic hydroxyl groups excluding tert-OH is 2. The first-order valence-corrected chi connectivity index (χ1v) is 9.17. The van der Waals surface area contributed by atoms with Crippen LogP contribution in [0.5, 0.6) is 23.0 Å². The number of aliphatic hydroxyl groups is 2. The molecule has 1 saturated heterocycles. The first-order valence-electron chi connectivity index (χ1n) is 9.17. The molecule has 2 heterocycles. The highest BCUT2D eigenvalue weighted by Crippen LogP contribution is 2.44. The molecule has 154 valence electrons. The zero-order chi connectivity index (χ0) is 20.5. The number of carbonyl (C=O) groups is 1. The number of carbonyl (C=O) groups excluding carboxylic acids is 1. The highest BCUT2D eigenvalue weighted by molar-refractivity contribution is 5.76. The molecule has 0 saturated carbocycles. The fraction of sp³-hybridized carbons (Fsp3) is 0.381. The van der Waals surface area contributed by atoms with E-state index in [9.17, 15) is 15.0 Å². The number of esters is 1. The van der Waals surface area contributed by atoms with Crippen molar-refractivity contribution >= 4 is 5.97 Å². The van der Waals surface area contributed by atoms with E-state index in [0.717, 1.165) is 0 Å². The summed E-state index contributed by atoms with van der Waals surface area (Å²) in [6.45, 7) is 0.113. The average Bonchev–Trinajstić information content (AvgIpc) is 3.37. The Hall–Kier alpha value is -2.97. The molecule has 29 heavy (non-hydrogen) atoms. The molecule has 0 aliphatic carbocycles. The fourth-order valence-corrected chi connectivity index (χ4v) is 3.79. The lowest BCUT2D eigenvalue weighted by Crippen LogP contribution is -2.28. The van der Waals surface area contributed by atoms with Gasteiger partial charge in [-0.1, -0.05) is 12.1 Å². The Morgan fingerprint density at radius 3 is 2.34 bits per heavy atom. The van der Waals surface area contributed by atoms with Gasteiger partial charge in [0.1, 0.15) is 0 Å². The van der Waals surface area contributed by atoms with Crippen molar-refractivity contribution in [2.24, 2.45) is 11.8 Å². The zero-order valence-electron chi connectivity index (χ0n) is 16.0. The highest BCUT2D eigenvalue weighted by atomic mass is 16.7. The summed E-state index contributed by atoms with van der Waals surface area (Å²) in [5, 5.41) is 21.9. The van der Waals surface area contributed by atoms with Gasteiger partial charge in [-0.3, -0.25) is 4.79 Å². The Morgan fingerprint density at radius 1 is 0.897 bits per heavy atom. The summed E-state index contributed by atoms with van der Waals surface area (Å²) in [7, 11) is 3.03. The molecular formula is C21H22O8. The number of hydrogen-bond acceptors (Lipinski definition) is 8. The molecule has 0 amide bonds. The van der Waals surface area contributed by atoms with Crippen LogP contribution in [0.2, 0.25) is 0 Å². The van der Waals surface area contributed by atoms with Gasteiger partial charge in [0.25, 0.3) is 0 Å². The third-order valence-electron chi connectivity index (χ3n) is 5.38. The number of rotatable bonds is 6. The number of cyclic esters (lactones) is 1. The normalized spacial score (nSPS) is 22.1. The zero-order valence-corrected chi connectivity index (χ0v) is 16.0. The molecule has 4 atom stereocenters. The molecule has 0 bridgehead atoms. The molecule has 4 rings (SSSR count). The SMILES string of the molecule is COc1ccc([C@@H](O)[C@@H]2COC(=O)[C@H]2[C@H](O)c2ccc3c(c2)OCO3)cc1OC. The topological polar surface area (TPSA) is 104 Å². The summed E-state index contributed by atoms with van der Waals surface area (Å²) in [6, 6.07) is 10.0. The van der Waals surface area contributed by atoms with Crippen LogP contribution in [0.3, 0.4) is 0 Å². The van der Waals surface area contributed by atoms with Gasteiger partial charge in [-0.2, -0.15) is 0 Å². The van der Waals surface area contributed by atoms with Crippen LogP contribution in [0.4, 0.5) is 0 Å². The van der Waals surface area contributed by atoms with E-state index in [4.69, 9.17) is 23.7 Å². The molecule has 0 radical (unpaired) electrons. The van der Waals surface area contributed by atoms with Crippen molar-refractivity contribution in [1.29, 1.82) is 0 Å². The van der Waals surface area contributed by atoms with E-state index in [0.29, 0.717) is 34.1 Å². The van der Waals surface area contributed by atoms with E-state index >= 15 is 0 Å². The number of fused-ring (bicyclic) bond motifs is 1. The van der Waals surface area contributed by atoms with E-state index in [1.54, 1.807) is 36.4 Å². The molecule has 0 spiro atoms. The van der Waals surface area contributed by atoms with Crippen LogP contribution < -0.4 is 18.9 Å². The lowest BCUT2D eigenvalue weighted by Gasteiger charge is -2.25. The third-order valence-corrected chi connectivity index (χ3v) is 5.38. The van der Waals surface area contributed by atoms with Crippen molar-refractivity contribution in [2.75, 3.05) is 27.6 Å². The van der Waals surface area contributed by atoms with Crippen LogP contribution in [-0.2, 0) is 9.53 Å². The van der Waals surface area contributed by atoms with E-state index in [-0.39, 0.29) is 13.4 Å². The van der Waals surface area contributed by atoms with Crippen LogP contribution in [0.25, 0.3) is 0 Å². The highest BCUT2D eigenvalue weighted by Gasteiger charge is 2.46. The molecule has 2 aliphatic heterocycles. The Labute approximate surface area is 167 Å². The van der Waals surface area contributed by atoms with Gasteiger partial charge >= 0.3 is 5.97 Å². The maximum Gasteiger partial charge on any atom is 0.312 e. The largest absolute Gasteiger partial charge is 0.493 e.